The fourth-order valence-corrected chi connectivity index (χ4v) is 7.85. The second kappa shape index (κ2) is 56.2. The third-order valence-electron chi connectivity index (χ3n) is 12.1. The van der Waals surface area contributed by atoms with Crippen LogP contribution >= 0.6 is 0 Å². The van der Waals surface area contributed by atoms with E-state index in [1.807, 2.05) is 0 Å². The number of hydrogen-bond donors (Lipinski definition) is 0. The molecule has 0 aromatic rings. The van der Waals surface area contributed by atoms with E-state index < -0.39 is 6.10 Å². The maximum atomic E-state index is 12.9. The molecule has 0 saturated carbocycles. The lowest BCUT2D eigenvalue weighted by Gasteiger charge is -2.18. The van der Waals surface area contributed by atoms with Gasteiger partial charge in [-0.05, 0) is 96.3 Å². The van der Waals surface area contributed by atoms with Gasteiger partial charge in [0.1, 0.15) is 13.2 Å². The van der Waals surface area contributed by atoms with E-state index >= 15 is 0 Å². The summed E-state index contributed by atoms with van der Waals surface area (Å²) in [7, 11) is 0. The van der Waals surface area contributed by atoms with Gasteiger partial charge >= 0.3 is 17.9 Å². The molecule has 0 radical (unpaired) electrons. The molecule has 0 fully saturated rings. The van der Waals surface area contributed by atoms with Crippen molar-refractivity contribution in [3.63, 3.8) is 0 Å². The molecular formula is C62H106O6. The maximum Gasteiger partial charge on any atom is 0.306 e. The molecule has 0 aliphatic rings. The molecule has 0 bridgehead atoms. The molecule has 0 N–H and O–H groups in total. The first-order valence-electron chi connectivity index (χ1n) is 28.6. The monoisotopic (exact) mass is 947 g/mol. The molecule has 0 saturated heterocycles. The molecule has 0 aliphatic carbocycles. The average molecular weight is 948 g/mol. The van der Waals surface area contributed by atoms with Crippen molar-refractivity contribution in [2.75, 3.05) is 13.2 Å². The Morgan fingerprint density at radius 2 is 0.574 bits per heavy atom. The van der Waals surface area contributed by atoms with Crippen molar-refractivity contribution in [2.45, 2.75) is 277 Å². The van der Waals surface area contributed by atoms with Gasteiger partial charge in [0, 0.05) is 19.3 Å². The van der Waals surface area contributed by atoms with Gasteiger partial charge in [0.15, 0.2) is 6.10 Å². The van der Waals surface area contributed by atoms with Crippen LogP contribution in [0.15, 0.2) is 85.1 Å². The molecule has 6 nitrogen and oxygen atoms in total. The van der Waals surface area contributed by atoms with Gasteiger partial charge in [0.2, 0.25) is 0 Å². The summed E-state index contributed by atoms with van der Waals surface area (Å²) >= 11 is 0. The topological polar surface area (TPSA) is 78.9 Å². The van der Waals surface area contributed by atoms with Crippen LogP contribution in [-0.4, -0.2) is 37.2 Å². The van der Waals surface area contributed by atoms with Gasteiger partial charge in [-0.2, -0.15) is 0 Å². The van der Waals surface area contributed by atoms with Crippen molar-refractivity contribution in [1.29, 1.82) is 0 Å². The Bertz CT molecular complexity index is 1320. The molecule has 0 spiro atoms. The lowest BCUT2D eigenvalue weighted by atomic mass is 10.0. The summed E-state index contributed by atoms with van der Waals surface area (Å²) < 4.78 is 16.8. The molecule has 0 aromatic carbocycles. The maximum absolute atomic E-state index is 12.9. The van der Waals surface area contributed by atoms with Crippen molar-refractivity contribution < 1.29 is 28.6 Å². The lowest BCUT2D eigenvalue weighted by molar-refractivity contribution is -0.167. The number of carbonyl (C=O) groups excluding carboxylic acids is 3. The predicted octanol–water partition coefficient (Wildman–Crippen LogP) is 19.2. The molecule has 68 heavy (non-hydrogen) atoms. The Balaban J connectivity index is 4.44. The fraction of sp³-hybridized carbons (Fsp3) is 0.726. The minimum atomic E-state index is -0.794. The highest BCUT2D eigenvalue weighted by atomic mass is 16.6. The predicted molar refractivity (Wildman–Crippen MR) is 293 cm³/mol. The molecule has 0 rings (SSSR count). The number of ether oxygens (including phenoxy) is 3. The van der Waals surface area contributed by atoms with Crippen molar-refractivity contribution in [1.82, 2.24) is 0 Å². The average Bonchev–Trinajstić information content (AvgIpc) is 3.34. The number of rotatable bonds is 51. The van der Waals surface area contributed by atoms with Crippen LogP contribution in [-0.2, 0) is 28.6 Å². The van der Waals surface area contributed by atoms with Gasteiger partial charge in [-0.1, -0.05) is 241 Å². The fourth-order valence-electron chi connectivity index (χ4n) is 7.85. The zero-order chi connectivity index (χ0) is 49.3. The van der Waals surface area contributed by atoms with E-state index in [1.54, 1.807) is 0 Å². The van der Waals surface area contributed by atoms with E-state index in [1.165, 1.54) is 122 Å². The van der Waals surface area contributed by atoms with Gasteiger partial charge < -0.3 is 14.2 Å². The smallest absolute Gasteiger partial charge is 0.306 e. The normalized spacial score (nSPS) is 12.7. The SMILES string of the molecule is CC/C=C\C/C=C\C/C=C\C/C=C\C/C=C\CCCCCC(=O)OCC(COC(=O)CCCCCCCCCCCCCCC)OC(=O)CCCCCCCCC/C=C\C/C=C\CCCCCC. The third kappa shape index (κ3) is 53.5. The van der Waals surface area contributed by atoms with Gasteiger partial charge in [0.05, 0.1) is 0 Å². The standard InChI is InChI=1S/C62H106O6/c1-4-7-10-13-16-19-22-25-27-29-31-33-34-37-40-43-46-49-52-55-61(64)67-58-59(57-66-60(63)54-51-48-45-42-39-36-24-21-18-15-12-9-6-3)68-62(65)56-53-50-47-44-41-38-35-32-30-28-26-23-20-17-14-11-8-5-2/h7,10,16,19-20,23,25,27-28,30-31,33,37,40,59H,4-6,8-9,11-15,17-18,21-22,24,26,29,32,34-36,38-39,41-58H2,1-3H3/b10-7-,19-16-,23-20-,27-25-,30-28-,33-31-,40-37-. The number of unbranched alkanes of at least 4 members (excludes halogenated alkanes) is 26. The molecular weight excluding hydrogens is 841 g/mol. The van der Waals surface area contributed by atoms with E-state index in [-0.39, 0.29) is 31.1 Å². The number of carbonyl (C=O) groups is 3. The summed E-state index contributed by atoms with van der Waals surface area (Å²) in [4.78, 5) is 38.1. The van der Waals surface area contributed by atoms with Crippen molar-refractivity contribution >= 4 is 17.9 Å². The quantitative estimate of drug-likeness (QED) is 0.0262. The summed E-state index contributed by atoms with van der Waals surface area (Å²) in [5.41, 5.74) is 0. The second-order valence-corrected chi connectivity index (χ2v) is 18.8. The second-order valence-electron chi connectivity index (χ2n) is 18.8. The van der Waals surface area contributed by atoms with Crippen molar-refractivity contribution in [3.8, 4) is 0 Å². The summed E-state index contributed by atoms with van der Waals surface area (Å²) in [5, 5.41) is 0. The molecule has 0 aliphatic heterocycles. The van der Waals surface area contributed by atoms with E-state index in [0.717, 1.165) is 109 Å². The zero-order valence-corrected chi connectivity index (χ0v) is 44.6. The Labute approximate surface area is 420 Å². The third-order valence-corrected chi connectivity index (χ3v) is 12.1. The highest BCUT2D eigenvalue weighted by Gasteiger charge is 2.19. The number of allylic oxidation sites excluding steroid dienone is 14. The molecule has 0 amide bonds. The molecule has 390 valence electrons. The van der Waals surface area contributed by atoms with Crippen LogP contribution in [0.4, 0.5) is 0 Å². The van der Waals surface area contributed by atoms with E-state index in [9.17, 15) is 14.4 Å². The van der Waals surface area contributed by atoms with Crippen LogP contribution < -0.4 is 0 Å². The van der Waals surface area contributed by atoms with Gasteiger partial charge in [0.25, 0.3) is 0 Å². The van der Waals surface area contributed by atoms with Crippen LogP contribution in [0.5, 0.6) is 0 Å². The summed E-state index contributed by atoms with van der Waals surface area (Å²) in [6.07, 6.45) is 72.8. The number of esters is 3. The van der Waals surface area contributed by atoms with Gasteiger partial charge in [-0.15, -0.1) is 0 Å². The van der Waals surface area contributed by atoms with Gasteiger partial charge in [-0.3, -0.25) is 14.4 Å². The van der Waals surface area contributed by atoms with Crippen LogP contribution in [0.1, 0.15) is 271 Å². The minimum Gasteiger partial charge on any atom is -0.462 e. The molecule has 1 unspecified atom stereocenters. The van der Waals surface area contributed by atoms with Crippen molar-refractivity contribution in [2.24, 2.45) is 0 Å². The van der Waals surface area contributed by atoms with Crippen LogP contribution in [0, 0.1) is 0 Å². The first-order valence-corrected chi connectivity index (χ1v) is 28.6. The van der Waals surface area contributed by atoms with Gasteiger partial charge in [-0.25, -0.2) is 0 Å². The molecule has 0 heterocycles. The number of hydrogen-bond acceptors (Lipinski definition) is 6. The molecule has 1 atom stereocenters. The first-order chi connectivity index (χ1) is 33.5. The van der Waals surface area contributed by atoms with Crippen molar-refractivity contribution in [3.05, 3.63) is 85.1 Å². The highest BCUT2D eigenvalue weighted by molar-refractivity contribution is 5.71. The summed E-state index contributed by atoms with van der Waals surface area (Å²) in [5.74, 6) is -0.924. The van der Waals surface area contributed by atoms with Crippen LogP contribution in [0.2, 0.25) is 0 Å². The largest absolute Gasteiger partial charge is 0.462 e. The Kier molecular flexibility index (Phi) is 53.4. The Morgan fingerprint density at radius 3 is 0.926 bits per heavy atom. The highest BCUT2D eigenvalue weighted by Crippen LogP contribution is 2.15. The lowest BCUT2D eigenvalue weighted by Crippen LogP contribution is -2.30. The summed E-state index contributed by atoms with van der Waals surface area (Å²) in [6.45, 7) is 6.49. The van der Waals surface area contributed by atoms with E-state index in [2.05, 4.69) is 106 Å². The minimum absolute atomic E-state index is 0.0887. The zero-order valence-electron chi connectivity index (χ0n) is 44.6. The van der Waals surface area contributed by atoms with E-state index in [0.29, 0.717) is 19.3 Å². The molecule has 6 heteroatoms. The Hall–Kier alpha value is -3.41. The Morgan fingerprint density at radius 1 is 0.309 bits per heavy atom. The first kappa shape index (κ1) is 64.6. The van der Waals surface area contributed by atoms with E-state index in [4.69, 9.17) is 14.2 Å². The van der Waals surface area contributed by atoms with Crippen LogP contribution in [0.25, 0.3) is 0 Å². The molecule has 0 aromatic heterocycles. The summed E-state index contributed by atoms with van der Waals surface area (Å²) in [6, 6.07) is 0. The van der Waals surface area contributed by atoms with Crippen LogP contribution in [0.3, 0.4) is 0 Å².